The van der Waals surface area contributed by atoms with Crippen molar-refractivity contribution in [3.8, 4) is 16.9 Å². The summed E-state index contributed by atoms with van der Waals surface area (Å²) < 4.78 is 5.82. The lowest BCUT2D eigenvalue weighted by Gasteiger charge is -2.29. The van der Waals surface area contributed by atoms with E-state index in [1.807, 2.05) is 18.2 Å². The van der Waals surface area contributed by atoms with E-state index in [4.69, 9.17) is 4.74 Å². The predicted octanol–water partition coefficient (Wildman–Crippen LogP) is 6.19. The molecule has 0 aromatic heterocycles. The maximum absolute atomic E-state index is 13.3. The average Bonchev–Trinajstić information content (AvgIpc) is 2.79. The van der Waals surface area contributed by atoms with Crippen LogP contribution in [0.1, 0.15) is 68.3 Å². The van der Waals surface area contributed by atoms with Crippen molar-refractivity contribution < 1.29 is 9.53 Å². The van der Waals surface area contributed by atoms with Gasteiger partial charge in [0, 0.05) is 23.7 Å². The van der Waals surface area contributed by atoms with Gasteiger partial charge in [0.1, 0.15) is 5.75 Å². The van der Waals surface area contributed by atoms with Crippen LogP contribution in [0.2, 0.25) is 0 Å². The molecule has 1 amide bonds. The second-order valence-electron chi connectivity index (χ2n) is 10.3. The molecule has 0 bridgehead atoms. The van der Waals surface area contributed by atoms with Crippen LogP contribution in [0.4, 0.5) is 0 Å². The minimum Gasteiger partial charge on any atom is -0.496 e. The Balaban J connectivity index is 1.79. The fraction of sp³-hybridized carbons (Fsp3) is 0.552. The van der Waals surface area contributed by atoms with Crippen molar-refractivity contribution in [2.45, 2.75) is 64.8 Å². The third-order valence-corrected chi connectivity index (χ3v) is 6.63. The Morgan fingerprint density at radius 1 is 1.09 bits per heavy atom. The van der Waals surface area contributed by atoms with Gasteiger partial charge in [0.15, 0.2) is 0 Å². The zero-order valence-electron chi connectivity index (χ0n) is 21.2. The molecule has 1 aliphatic rings. The number of likely N-dealkylation sites (N-methyl/N-ethyl adjacent to an activating group) is 1. The van der Waals surface area contributed by atoms with Gasteiger partial charge in [-0.1, -0.05) is 76.3 Å². The number of hydrogen-bond donors (Lipinski definition) is 1. The second kappa shape index (κ2) is 12.2. The number of nitrogens with one attached hydrogen (secondary N) is 1. The zero-order valence-corrected chi connectivity index (χ0v) is 21.2. The van der Waals surface area contributed by atoms with Crippen molar-refractivity contribution in [3.05, 3.63) is 53.6 Å². The number of carbonyl (C=O) groups excluding carboxylic acids is 1. The first kappa shape index (κ1) is 25.3. The SMILES string of the molecule is COc1c(CC(C)C)cccc1-c1cccc(C(=O)N[C@@H](CC2CCCCC2)CN(C)C)c1. The van der Waals surface area contributed by atoms with Crippen molar-refractivity contribution in [2.24, 2.45) is 11.8 Å². The summed E-state index contributed by atoms with van der Waals surface area (Å²) in [6.45, 7) is 5.30. The maximum Gasteiger partial charge on any atom is 0.251 e. The number of nitrogens with zero attached hydrogens (tertiary/aromatic N) is 1. The van der Waals surface area contributed by atoms with E-state index in [1.54, 1.807) is 7.11 Å². The molecule has 33 heavy (non-hydrogen) atoms. The molecule has 0 aliphatic heterocycles. The van der Waals surface area contributed by atoms with Crippen LogP contribution < -0.4 is 10.1 Å². The van der Waals surface area contributed by atoms with Gasteiger partial charge in [0.2, 0.25) is 0 Å². The predicted molar refractivity (Wildman–Crippen MR) is 138 cm³/mol. The Hall–Kier alpha value is -2.33. The Labute approximate surface area is 200 Å². The molecule has 1 atom stereocenters. The minimum absolute atomic E-state index is 0.0109. The lowest BCUT2D eigenvalue weighted by Crippen LogP contribution is -2.43. The minimum atomic E-state index is 0.0109. The quantitative estimate of drug-likeness (QED) is 0.469. The van der Waals surface area contributed by atoms with Gasteiger partial charge in [-0.2, -0.15) is 0 Å². The summed E-state index contributed by atoms with van der Waals surface area (Å²) in [6.07, 6.45) is 8.62. The molecule has 2 aromatic carbocycles. The van der Waals surface area contributed by atoms with Gasteiger partial charge in [0.05, 0.1) is 7.11 Å². The summed E-state index contributed by atoms with van der Waals surface area (Å²) in [7, 11) is 5.89. The number of amides is 1. The van der Waals surface area contributed by atoms with Crippen LogP contribution in [0.3, 0.4) is 0 Å². The number of carbonyl (C=O) groups is 1. The van der Waals surface area contributed by atoms with E-state index in [0.29, 0.717) is 11.5 Å². The van der Waals surface area contributed by atoms with E-state index in [2.05, 4.69) is 62.4 Å². The monoisotopic (exact) mass is 450 g/mol. The van der Waals surface area contributed by atoms with Crippen LogP contribution in [-0.4, -0.2) is 44.6 Å². The van der Waals surface area contributed by atoms with Crippen molar-refractivity contribution in [3.63, 3.8) is 0 Å². The molecule has 0 heterocycles. The van der Waals surface area contributed by atoms with Gasteiger partial charge in [-0.3, -0.25) is 4.79 Å². The van der Waals surface area contributed by atoms with Gasteiger partial charge in [-0.25, -0.2) is 0 Å². The van der Waals surface area contributed by atoms with Crippen LogP contribution >= 0.6 is 0 Å². The van der Waals surface area contributed by atoms with Gasteiger partial charge in [0.25, 0.3) is 5.91 Å². The molecule has 180 valence electrons. The van der Waals surface area contributed by atoms with E-state index < -0.39 is 0 Å². The van der Waals surface area contributed by atoms with E-state index in [1.165, 1.54) is 37.7 Å². The molecular formula is C29H42N2O2. The largest absolute Gasteiger partial charge is 0.496 e. The third-order valence-electron chi connectivity index (χ3n) is 6.63. The Morgan fingerprint density at radius 3 is 2.48 bits per heavy atom. The average molecular weight is 451 g/mol. The molecule has 0 saturated heterocycles. The topological polar surface area (TPSA) is 41.6 Å². The number of ether oxygens (including phenoxy) is 1. The summed E-state index contributed by atoms with van der Waals surface area (Å²) in [4.78, 5) is 15.4. The normalized spacial score (nSPS) is 15.6. The summed E-state index contributed by atoms with van der Waals surface area (Å²) in [5.41, 5.74) is 3.97. The van der Waals surface area contributed by atoms with Crippen LogP contribution in [0.15, 0.2) is 42.5 Å². The highest BCUT2D eigenvalue weighted by atomic mass is 16.5. The van der Waals surface area contributed by atoms with Crippen molar-refractivity contribution in [1.82, 2.24) is 10.2 Å². The smallest absolute Gasteiger partial charge is 0.251 e. The first-order valence-corrected chi connectivity index (χ1v) is 12.6. The summed E-state index contributed by atoms with van der Waals surface area (Å²) in [5.74, 6) is 2.19. The first-order chi connectivity index (χ1) is 15.9. The molecule has 1 aliphatic carbocycles. The standard InChI is InChI=1S/C29H42N2O2/c1-21(2)17-24-14-10-16-27(28(24)33-5)23-13-9-15-25(19-23)29(32)30-26(20-31(3)4)18-22-11-7-6-8-12-22/h9-10,13-16,19,21-22,26H,6-8,11-12,17-18,20H2,1-5H3,(H,30,32)/t26-/m0/s1. The summed E-state index contributed by atoms with van der Waals surface area (Å²) in [5, 5.41) is 3.34. The van der Waals surface area contributed by atoms with Crippen molar-refractivity contribution >= 4 is 5.91 Å². The van der Waals surface area contributed by atoms with Crippen molar-refractivity contribution in [2.75, 3.05) is 27.7 Å². The summed E-state index contributed by atoms with van der Waals surface area (Å²) >= 11 is 0. The molecule has 2 aromatic rings. The molecule has 4 heteroatoms. The number of hydrogen-bond acceptors (Lipinski definition) is 3. The Kier molecular flexibility index (Phi) is 9.37. The summed E-state index contributed by atoms with van der Waals surface area (Å²) in [6, 6.07) is 14.4. The molecular weight excluding hydrogens is 408 g/mol. The van der Waals surface area contributed by atoms with Gasteiger partial charge in [-0.05, 0) is 62.0 Å². The van der Waals surface area contributed by atoms with Crippen LogP contribution in [0.5, 0.6) is 5.75 Å². The molecule has 0 radical (unpaired) electrons. The number of rotatable bonds is 10. The van der Waals surface area contributed by atoms with E-state index in [-0.39, 0.29) is 11.9 Å². The van der Waals surface area contributed by atoms with Gasteiger partial charge < -0.3 is 15.0 Å². The molecule has 1 fully saturated rings. The highest BCUT2D eigenvalue weighted by Crippen LogP contribution is 2.35. The number of benzene rings is 2. The highest BCUT2D eigenvalue weighted by molar-refractivity contribution is 5.96. The lowest BCUT2D eigenvalue weighted by atomic mass is 9.84. The molecule has 1 saturated carbocycles. The molecule has 0 spiro atoms. The van der Waals surface area contributed by atoms with Crippen LogP contribution in [0.25, 0.3) is 11.1 Å². The first-order valence-electron chi connectivity index (χ1n) is 12.6. The van der Waals surface area contributed by atoms with Gasteiger partial charge in [-0.15, -0.1) is 0 Å². The maximum atomic E-state index is 13.3. The van der Waals surface area contributed by atoms with E-state index >= 15 is 0 Å². The molecule has 0 unspecified atom stereocenters. The number of para-hydroxylation sites is 1. The fourth-order valence-electron chi connectivity index (χ4n) is 5.20. The van der Waals surface area contributed by atoms with E-state index in [0.717, 1.165) is 42.2 Å². The fourth-order valence-corrected chi connectivity index (χ4v) is 5.20. The van der Waals surface area contributed by atoms with Crippen LogP contribution in [-0.2, 0) is 6.42 Å². The highest BCUT2D eigenvalue weighted by Gasteiger charge is 2.22. The second-order valence-corrected chi connectivity index (χ2v) is 10.3. The molecule has 1 N–H and O–H groups in total. The molecule has 3 rings (SSSR count). The third kappa shape index (κ3) is 7.33. The van der Waals surface area contributed by atoms with Gasteiger partial charge >= 0.3 is 0 Å². The Bertz CT molecular complexity index is 900. The number of methoxy groups -OCH3 is 1. The zero-order chi connectivity index (χ0) is 23.8. The molecule has 4 nitrogen and oxygen atoms in total. The van der Waals surface area contributed by atoms with Crippen molar-refractivity contribution in [1.29, 1.82) is 0 Å². The van der Waals surface area contributed by atoms with Crippen LogP contribution in [0, 0.1) is 11.8 Å². The van der Waals surface area contributed by atoms with E-state index in [9.17, 15) is 4.79 Å². The Morgan fingerprint density at radius 2 is 1.82 bits per heavy atom. The lowest BCUT2D eigenvalue weighted by molar-refractivity contribution is 0.0920.